The molecule has 2 aliphatic rings. The summed E-state index contributed by atoms with van der Waals surface area (Å²) in [6, 6.07) is 11.8. The highest BCUT2D eigenvalue weighted by Crippen LogP contribution is 2.34. The van der Waals surface area contributed by atoms with Crippen molar-refractivity contribution in [1.29, 1.82) is 0 Å². The molecule has 37 heavy (non-hydrogen) atoms. The molecule has 9 nitrogen and oxygen atoms in total. The van der Waals surface area contributed by atoms with Crippen LogP contribution in [0.15, 0.2) is 36.7 Å². The van der Waals surface area contributed by atoms with Crippen LogP contribution in [0.25, 0.3) is 22.3 Å². The van der Waals surface area contributed by atoms with Gasteiger partial charge in [-0.25, -0.2) is 9.97 Å². The molecule has 1 atom stereocenters. The van der Waals surface area contributed by atoms with Crippen molar-refractivity contribution in [3.63, 3.8) is 0 Å². The molecule has 2 aromatic heterocycles. The van der Waals surface area contributed by atoms with Crippen molar-refractivity contribution in [1.82, 2.24) is 14.5 Å². The number of nitrogens with two attached hydrogens (primary N) is 1. The number of fused-ring (bicyclic) bond motifs is 1. The minimum atomic E-state index is -1.19. The third-order valence-corrected chi connectivity index (χ3v) is 9.02. The van der Waals surface area contributed by atoms with Crippen molar-refractivity contribution in [2.45, 2.75) is 38.8 Å². The fourth-order valence-corrected chi connectivity index (χ4v) is 5.81. The van der Waals surface area contributed by atoms with Gasteiger partial charge in [0.25, 0.3) is 0 Å². The van der Waals surface area contributed by atoms with Crippen LogP contribution in [0.3, 0.4) is 0 Å². The van der Waals surface area contributed by atoms with E-state index in [0.29, 0.717) is 26.5 Å². The molecule has 198 valence electrons. The van der Waals surface area contributed by atoms with Crippen LogP contribution in [-0.2, 0) is 21.0 Å². The van der Waals surface area contributed by atoms with Gasteiger partial charge in [0, 0.05) is 46.5 Å². The van der Waals surface area contributed by atoms with Gasteiger partial charge in [0.1, 0.15) is 24.5 Å². The fraction of sp³-hybridized carbons (Fsp3) is 0.519. The second-order valence-corrected chi connectivity index (χ2v) is 16.8. The second kappa shape index (κ2) is 10.8. The Balaban J connectivity index is 1.46. The number of primary amides is 1. The molecule has 1 aromatic carbocycles. The summed E-state index contributed by atoms with van der Waals surface area (Å²) in [7, 11) is -1.19. The average Bonchev–Trinajstić information content (AvgIpc) is 3.52. The van der Waals surface area contributed by atoms with Crippen molar-refractivity contribution in [3.05, 3.63) is 36.7 Å². The van der Waals surface area contributed by atoms with Gasteiger partial charge < -0.3 is 29.6 Å². The monoisotopic (exact) mass is 522 g/mol. The zero-order valence-electron chi connectivity index (χ0n) is 22.2. The molecule has 10 heteroatoms. The number of morpholine rings is 1. The second-order valence-electron chi connectivity index (χ2n) is 11.2. The van der Waals surface area contributed by atoms with Gasteiger partial charge in [-0.3, -0.25) is 4.79 Å². The van der Waals surface area contributed by atoms with Gasteiger partial charge in [-0.2, -0.15) is 0 Å². The molecule has 1 amide bonds. The summed E-state index contributed by atoms with van der Waals surface area (Å²) in [5, 5.41) is 1.03. The largest absolute Gasteiger partial charge is 0.378 e. The number of carbonyl (C=O) groups excluding carboxylic acids is 1. The standard InChI is InChI=1S/C27H38N6O3Si/c1-37(2,3)15-14-36-19-33-24(16-23-26(29-18-30-27(23)33)31-10-12-35-13-11-31)20-4-6-22(7-5-20)32-9-8-21(17-32)25(28)34/h4-7,16,18,21H,8-15,17,19H2,1-3H3,(H2,28,34)/t21-/m1/s1. The Hall–Kier alpha value is -2.95. The van der Waals surface area contributed by atoms with Crippen LogP contribution >= 0.6 is 0 Å². The maximum Gasteiger partial charge on any atom is 0.222 e. The van der Waals surface area contributed by atoms with Crippen molar-refractivity contribution < 1.29 is 14.3 Å². The molecule has 0 radical (unpaired) electrons. The first-order valence-corrected chi connectivity index (χ1v) is 16.9. The number of rotatable bonds is 9. The molecule has 2 aliphatic heterocycles. The molecule has 2 fully saturated rings. The molecule has 0 aliphatic carbocycles. The number of anilines is 2. The van der Waals surface area contributed by atoms with E-state index in [0.717, 1.165) is 72.5 Å². The van der Waals surface area contributed by atoms with Crippen LogP contribution in [-0.4, -0.2) is 74.5 Å². The minimum absolute atomic E-state index is 0.0762. The Kier molecular flexibility index (Phi) is 7.50. The fourth-order valence-electron chi connectivity index (χ4n) is 5.05. The Morgan fingerprint density at radius 3 is 2.54 bits per heavy atom. The lowest BCUT2D eigenvalue weighted by atomic mass is 10.1. The average molecular weight is 523 g/mol. The molecule has 5 rings (SSSR count). The number of hydrogen-bond acceptors (Lipinski definition) is 7. The predicted molar refractivity (Wildman–Crippen MR) is 150 cm³/mol. The van der Waals surface area contributed by atoms with E-state index in [9.17, 15) is 4.79 Å². The molecule has 2 N–H and O–H groups in total. The minimum Gasteiger partial charge on any atom is -0.378 e. The summed E-state index contributed by atoms with van der Waals surface area (Å²) in [4.78, 5) is 25.5. The van der Waals surface area contributed by atoms with Crippen molar-refractivity contribution in [3.8, 4) is 11.3 Å². The third-order valence-electron chi connectivity index (χ3n) is 7.32. The van der Waals surface area contributed by atoms with Crippen molar-refractivity contribution in [2.24, 2.45) is 11.7 Å². The van der Waals surface area contributed by atoms with E-state index in [2.05, 4.69) is 74.3 Å². The highest BCUT2D eigenvalue weighted by atomic mass is 28.3. The summed E-state index contributed by atoms with van der Waals surface area (Å²) in [5.41, 5.74) is 9.67. The molecule has 3 aromatic rings. The zero-order valence-corrected chi connectivity index (χ0v) is 23.2. The Morgan fingerprint density at radius 2 is 1.86 bits per heavy atom. The smallest absolute Gasteiger partial charge is 0.222 e. The quantitative estimate of drug-likeness (QED) is 0.339. The maximum absolute atomic E-state index is 11.6. The SMILES string of the molecule is C[Si](C)(C)CCOCn1c(-c2ccc(N3CC[C@@H](C(N)=O)C3)cc2)cc2c(N3CCOCC3)ncnc21. The third kappa shape index (κ3) is 5.81. The van der Waals surface area contributed by atoms with Gasteiger partial charge in [0.15, 0.2) is 0 Å². The summed E-state index contributed by atoms with van der Waals surface area (Å²) in [6.45, 7) is 12.8. The molecule has 0 bridgehead atoms. The topological polar surface area (TPSA) is 98.7 Å². The molecular formula is C27H38N6O3Si. The highest BCUT2D eigenvalue weighted by Gasteiger charge is 2.27. The van der Waals surface area contributed by atoms with Gasteiger partial charge in [-0.05, 0) is 36.2 Å². The number of nitrogens with zero attached hydrogens (tertiary/aromatic N) is 5. The maximum atomic E-state index is 11.6. The summed E-state index contributed by atoms with van der Waals surface area (Å²) in [5.74, 6) is 0.657. The number of amides is 1. The van der Waals surface area contributed by atoms with Crippen molar-refractivity contribution >= 4 is 36.5 Å². The number of benzene rings is 1. The number of hydrogen-bond donors (Lipinski definition) is 1. The van der Waals surface area contributed by atoms with Crippen molar-refractivity contribution in [2.75, 3.05) is 55.8 Å². The van der Waals surface area contributed by atoms with E-state index in [1.165, 1.54) is 0 Å². The Morgan fingerprint density at radius 1 is 1.11 bits per heavy atom. The summed E-state index contributed by atoms with van der Waals surface area (Å²) in [6.07, 6.45) is 2.46. The van der Waals surface area contributed by atoms with Crippen LogP contribution in [0, 0.1) is 5.92 Å². The Bertz CT molecular complexity index is 1230. The lowest BCUT2D eigenvalue weighted by Crippen LogP contribution is -2.36. The summed E-state index contributed by atoms with van der Waals surface area (Å²) >= 11 is 0. The van der Waals surface area contributed by atoms with Gasteiger partial charge in [-0.15, -0.1) is 0 Å². The number of carbonyl (C=O) groups is 1. The number of aromatic nitrogens is 3. The number of ether oxygens (including phenoxy) is 2. The lowest BCUT2D eigenvalue weighted by molar-refractivity contribution is -0.121. The van der Waals surface area contributed by atoms with E-state index < -0.39 is 8.07 Å². The van der Waals surface area contributed by atoms with Crippen LogP contribution in [0.4, 0.5) is 11.5 Å². The molecular weight excluding hydrogens is 484 g/mol. The van der Waals surface area contributed by atoms with E-state index in [1.54, 1.807) is 6.33 Å². The van der Waals surface area contributed by atoms with Crippen LogP contribution in [0.1, 0.15) is 6.42 Å². The highest BCUT2D eigenvalue weighted by molar-refractivity contribution is 6.76. The molecule has 0 saturated carbocycles. The van der Waals surface area contributed by atoms with E-state index in [1.807, 2.05) is 0 Å². The molecule has 0 unspecified atom stereocenters. The van der Waals surface area contributed by atoms with Gasteiger partial charge >= 0.3 is 0 Å². The Labute approximate surface area is 219 Å². The van der Waals surface area contributed by atoms with E-state index in [4.69, 9.17) is 15.2 Å². The predicted octanol–water partition coefficient (Wildman–Crippen LogP) is 3.56. The van der Waals surface area contributed by atoms with Crippen LogP contribution in [0.2, 0.25) is 25.7 Å². The molecule has 2 saturated heterocycles. The van der Waals surface area contributed by atoms with Gasteiger partial charge in [-0.1, -0.05) is 31.8 Å². The first-order chi connectivity index (χ1) is 17.8. The molecule has 0 spiro atoms. The van der Waals surface area contributed by atoms with E-state index in [-0.39, 0.29) is 11.8 Å². The zero-order chi connectivity index (χ0) is 26.0. The first kappa shape index (κ1) is 25.7. The molecule has 4 heterocycles. The van der Waals surface area contributed by atoms with Gasteiger partial charge in [0.05, 0.1) is 30.2 Å². The van der Waals surface area contributed by atoms with Crippen LogP contribution < -0.4 is 15.5 Å². The summed E-state index contributed by atoms with van der Waals surface area (Å²) < 4.78 is 13.9. The first-order valence-electron chi connectivity index (χ1n) is 13.2. The van der Waals surface area contributed by atoms with E-state index >= 15 is 0 Å². The lowest BCUT2D eigenvalue weighted by Gasteiger charge is -2.28. The normalized spacial score (nSPS) is 18.6. The van der Waals surface area contributed by atoms with Gasteiger partial charge in [0.2, 0.25) is 5.91 Å². The van der Waals surface area contributed by atoms with Crippen LogP contribution in [0.5, 0.6) is 0 Å².